The van der Waals surface area contributed by atoms with E-state index in [1.165, 1.54) is 25.9 Å². The van der Waals surface area contributed by atoms with Crippen molar-refractivity contribution in [3.8, 4) is 0 Å². The Balaban J connectivity index is 2.17. The Morgan fingerprint density at radius 1 is 1.29 bits per heavy atom. The Kier molecular flexibility index (Phi) is 4.90. The van der Waals surface area contributed by atoms with Crippen molar-refractivity contribution >= 4 is 0 Å². The predicted octanol–water partition coefficient (Wildman–Crippen LogP) is 2.44. The van der Waals surface area contributed by atoms with E-state index in [0.29, 0.717) is 5.41 Å². The zero-order valence-corrected chi connectivity index (χ0v) is 9.94. The molecule has 1 saturated heterocycles. The first-order valence-corrected chi connectivity index (χ1v) is 5.97. The fourth-order valence-corrected chi connectivity index (χ4v) is 2.30. The van der Waals surface area contributed by atoms with Crippen molar-refractivity contribution in [1.29, 1.82) is 0 Å². The summed E-state index contributed by atoms with van der Waals surface area (Å²) in [5.74, 6) is 0.809. The molecule has 1 aliphatic rings. The minimum absolute atomic E-state index is 0.557. The molecule has 1 aliphatic heterocycles. The predicted molar refractivity (Wildman–Crippen MR) is 60.5 cm³/mol. The molecule has 84 valence electrons. The van der Waals surface area contributed by atoms with Gasteiger partial charge in [0.25, 0.3) is 0 Å². The third kappa shape index (κ3) is 3.58. The summed E-state index contributed by atoms with van der Waals surface area (Å²) in [5, 5.41) is 3.39. The first kappa shape index (κ1) is 12.0. The largest absolute Gasteiger partial charge is 0.381 e. The van der Waals surface area contributed by atoms with Gasteiger partial charge in [-0.2, -0.15) is 0 Å². The van der Waals surface area contributed by atoms with Gasteiger partial charge in [0.1, 0.15) is 0 Å². The lowest BCUT2D eigenvalue weighted by Crippen LogP contribution is -2.54. The molecule has 1 fully saturated rings. The molecule has 0 aromatic carbocycles. The van der Waals surface area contributed by atoms with Crippen molar-refractivity contribution in [2.45, 2.75) is 40.0 Å². The van der Waals surface area contributed by atoms with E-state index >= 15 is 0 Å². The van der Waals surface area contributed by atoms with Gasteiger partial charge in [-0.3, -0.25) is 0 Å². The van der Waals surface area contributed by atoms with E-state index in [1.807, 2.05) is 0 Å². The smallest absolute Gasteiger partial charge is 0.0472 e. The fourth-order valence-electron chi connectivity index (χ4n) is 2.30. The molecular formula is C12H25NO. The minimum Gasteiger partial charge on any atom is -0.381 e. The minimum atomic E-state index is 0.557. The third-order valence-corrected chi connectivity index (χ3v) is 2.97. The normalized spacial score (nSPS) is 19.7. The number of hydrogen-bond donors (Lipinski definition) is 1. The zero-order valence-electron chi connectivity index (χ0n) is 9.94. The average Bonchev–Trinajstić information content (AvgIpc) is 2.07. The van der Waals surface area contributed by atoms with Crippen molar-refractivity contribution in [1.82, 2.24) is 5.32 Å². The van der Waals surface area contributed by atoms with Crippen molar-refractivity contribution in [3.63, 3.8) is 0 Å². The SMILES string of the molecule is CCCOCCC1(CC(C)C)CNC1. The van der Waals surface area contributed by atoms with Crippen LogP contribution in [0.5, 0.6) is 0 Å². The van der Waals surface area contributed by atoms with Crippen molar-refractivity contribution < 1.29 is 4.74 Å². The quantitative estimate of drug-likeness (QED) is 0.636. The molecule has 2 nitrogen and oxygen atoms in total. The Labute approximate surface area is 88.4 Å². The molecule has 0 aromatic rings. The van der Waals surface area contributed by atoms with E-state index in [-0.39, 0.29) is 0 Å². The summed E-state index contributed by atoms with van der Waals surface area (Å²) < 4.78 is 5.57. The van der Waals surface area contributed by atoms with Crippen LogP contribution in [0.2, 0.25) is 0 Å². The standard InChI is InChI=1S/C12H25NO/c1-4-6-14-7-5-12(8-11(2)3)9-13-10-12/h11,13H,4-10H2,1-3H3. The van der Waals surface area contributed by atoms with E-state index in [1.54, 1.807) is 0 Å². The van der Waals surface area contributed by atoms with Gasteiger partial charge in [-0.1, -0.05) is 20.8 Å². The molecular weight excluding hydrogens is 174 g/mol. The summed E-state index contributed by atoms with van der Waals surface area (Å²) in [6.45, 7) is 11.0. The van der Waals surface area contributed by atoms with E-state index in [4.69, 9.17) is 4.74 Å². The third-order valence-electron chi connectivity index (χ3n) is 2.97. The molecule has 0 saturated carbocycles. The fraction of sp³-hybridized carbons (Fsp3) is 1.00. The Morgan fingerprint density at radius 2 is 2.00 bits per heavy atom. The highest BCUT2D eigenvalue weighted by Gasteiger charge is 2.36. The maximum Gasteiger partial charge on any atom is 0.0472 e. The molecule has 0 atom stereocenters. The zero-order chi connectivity index (χ0) is 10.4. The van der Waals surface area contributed by atoms with Gasteiger partial charge in [0, 0.05) is 26.3 Å². The number of hydrogen-bond acceptors (Lipinski definition) is 2. The lowest BCUT2D eigenvalue weighted by Gasteiger charge is -2.44. The highest BCUT2D eigenvalue weighted by atomic mass is 16.5. The average molecular weight is 199 g/mol. The Bertz CT molecular complexity index is 152. The summed E-state index contributed by atoms with van der Waals surface area (Å²) in [6.07, 6.45) is 3.71. The van der Waals surface area contributed by atoms with Gasteiger partial charge in [0.2, 0.25) is 0 Å². The van der Waals surface area contributed by atoms with Crippen LogP contribution in [0, 0.1) is 11.3 Å². The van der Waals surface area contributed by atoms with Crippen LogP contribution in [0.25, 0.3) is 0 Å². The lowest BCUT2D eigenvalue weighted by molar-refractivity contribution is 0.0518. The number of rotatable bonds is 7. The summed E-state index contributed by atoms with van der Waals surface area (Å²) in [4.78, 5) is 0. The second-order valence-corrected chi connectivity index (χ2v) is 5.06. The maximum absolute atomic E-state index is 5.57. The van der Waals surface area contributed by atoms with Crippen LogP contribution in [0.3, 0.4) is 0 Å². The first-order chi connectivity index (χ1) is 6.68. The molecule has 1 N–H and O–H groups in total. The second kappa shape index (κ2) is 5.72. The maximum atomic E-state index is 5.57. The van der Waals surface area contributed by atoms with Crippen molar-refractivity contribution in [3.05, 3.63) is 0 Å². The monoisotopic (exact) mass is 199 g/mol. The summed E-state index contributed by atoms with van der Waals surface area (Å²) >= 11 is 0. The molecule has 1 heterocycles. The molecule has 14 heavy (non-hydrogen) atoms. The highest BCUT2D eigenvalue weighted by molar-refractivity contribution is 4.92. The Hall–Kier alpha value is -0.0800. The van der Waals surface area contributed by atoms with Crippen molar-refractivity contribution in [2.24, 2.45) is 11.3 Å². The van der Waals surface area contributed by atoms with Gasteiger partial charge in [-0.15, -0.1) is 0 Å². The van der Waals surface area contributed by atoms with Gasteiger partial charge in [0.15, 0.2) is 0 Å². The van der Waals surface area contributed by atoms with E-state index in [0.717, 1.165) is 25.6 Å². The molecule has 0 radical (unpaired) electrons. The first-order valence-electron chi connectivity index (χ1n) is 5.97. The highest BCUT2D eigenvalue weighted by Crippen LogP contribution is 2.34. The summed E-state index contributed by atoms with van der Waals surface area (Å²) in [7, 11) is 0. The number of nitrogens with one attached hydrogen (secondary N) is 1. The molecule has 0 spiro atoms. The topological polar surface area (TPSA) is 21.3 Å². The molecule has 0 unspecified atom stereocenters. The molecule has 0 aromatic heterocycles. The van der Waals surface area contributed by atoms with Crippen LogP contribution in [-0.2, 0) is 4.74 Å². The van der Waals surface area contributed by atoms with E-state index < -0.39 is 0 Å². The van der Waals surface area contributed by atoms with Gasteiger partial charge < -0.3 is 10.1 Å². The van der Waals surface area contributed by atoms with Crippen LogP contribution < -0.4 is 5.32 Å². The molecule has 1 rings (SSSR count). The molecule has 0 amide bonds. The van der Waals surface area contributed by atoms with E-state index in [9.17, 15) is 0 Å². The number of ether oxygens (including phenoxy) is 1. The lowest BCUT2D eigenvalue weighted by atomic mass is 9.73. The van der Waals surface area contributed by atoms with Gasteiger partial charge >= 0.3 is 0 Å². The van der Waals surface area contributed by atoms with Crippen LogP contribution in [-0.4, -0.2) is 26.3 Å². The Morgan fingerprint density at radius 3 is 2.43 bits per heavy atom. The van der Waals surface area contributed by atoms with Crippen LogP contribution >= 0.6 is 0 Å². The summed E-state index contributed by atoms with van der Waals surface area (Å²) in [5.41, 5.74) is 0.557. The second-order valence-electron chi connectivity index (χ2n) is 5.06. The van der Waals surface area contributed by atoms with Gasteiger partial charge in [-0.05, 0) is 30.6 Å². The molecule has 0 aliphatic carbocycles. The van der Waals surface area contributed by atoms with Gasteiger partial charge in [0.05, 0.1) is 0 Å². The molecule has 0 bridgehead atoms. The van der Waals surface area contributed by atoms with Crippen LogP contribution in [0.15, 0.2) is 0 Å². The summed E-state index contributed by atoms with van der Waals surface area (Å²) in [6, 6.07) is 0. The molecule has 2 heteroatoms. The van der Waals surface area contributed by atoms with Gasteiger partial charge in [-0.25, -0.2) is 0 Å². The van der Waals surface area contributed by atoms with Crippen LogP contribution in [0.4, 0.5) is 0 Å². The van der Waals surface area contributed by atoms with Crippen molar-refractivity contribution in [2.75, 3.05) is 26.3 Å². The van der Waals surface area contributed by atoms with Crippen LogP contribution in [0.1, 0.15) is 40.0 Å². The van der Waals surface area contributed by atoms with E-state index in [2.05, 4.69) is 26.1 Å².